The van der Waals surface area contributed by atoms with Gasteiger partial charge in [0.15, 0.2) is 0 Å². The number of hydrogen-bond acceptors (Lipinski definition) is 4. The highest BCUT2D eigenvalue weighted by Crippen LogP contribution is 2.38. The number of halogens is 3. The number of carbonyl (C=O) groups excluding carboxylic acids is 1. The average Bonchev–Trinajstić information content (AvgIpc) is 2.99. The van der Waals surface area contributed by atoms with Crippen molar-refractivity contribution >= 4 is 6.09 Å². The van der Waals surface area contributed by atoms with E-state index in [-0.39, 0.29) is 25.3 Å². The van der Waals surface area contributed by atoms with Crippen LogP contribution in [-0.4, -0.2) is 39.8 Å². The molecule has 0 saturated heterocycles. The van der Waals surface area contributed by atoms with E-state index in [0.29, 0.717) is 17.0 Å². The molecule has 9 heteroatoms. The normalized spacial score (nSPS) is 14.6. The third-order valence-electron chi connectivity index (χ3n) is 4.27. The van der Waals surface area contributed by atoms with Crippen LogP contribution in [0.15, 0.2) is 24.3 Å². The molecule has 2 heterocycles. The lowest BCUT2D eigenvalue weighted by atomic mass is 10.1. The summed E-state index contributed by atoms with van der Waals surface area (Å²) in [7, 11) is 1.44. The zero-order valence-corrected chi connectivity index (χ0v) is 16.1. The summed E-state index contributed by atoms with van der Waals surface area (Å²) in [5.41, 5.74) is 0.194. The number of fused-ring (bicyclic) bond motifs is 1. The number of rotatable bonds is 2. The van der Waals surface area contributed by atoms with Crippen molar-refractivity contribution in [2.24, 2.45) is 0 Å². The fraction of sp³-hybridized carbons (Fsp3) is 0.474. The Hall–Kier alpha value is -2.71. The van der Waals surface area contributed by atoms with E-state index in [1.54, 1.807) is 45.0 Å². The number of methoxy groups -OCH3 is 1. The molecule has 6 nitrogen and oxygen atoms in total. The molecule has 0 aliphatic carbocycles. The second-order valence-electron chi connectivity index (χ2n) is 7.48. The van der Waals surface area contributed by atoms with Gasteiger partial charge in [0.05, 0.1) is 25.0 Å². The fourth-order valence-corrected chi connectivity index (χ4v) is 3.12. The van der Waals surface area contributed by atoms with Crippen LogP contribution >= 0.6 is 0 Å². The number of imidazole rings is 1. The van der Waals surface area contributed by atoms with Crippen LogP contribution in [0.5, 0.6) is 5.75 Å². The van der Waals surface area contributed by atoms with Crippen LogP contribution in [0.1, 0.15) is 32.3 Å². The number of benzene rings is 1. The molecule has 1 aromatic carbocycles. The monoisotopic (exact) mass is 397 g/mol. The quantitative estimate of drug-likeness (QED) is 0.757. The molecule has 0 unspecified atom stereocenters. The van der Waals surface area contributed by atoms with E-state index in [2.05, 4.69) is 4.98 Å². The maximum Gasteiger partial charge on any atom is 0.449 e. The molecule has 0 N–H and O–H groups in total. The van der Waals surface area contributed by atoms with Crippen molar-refractivity contribution in [3.63, 3.8) is 0 Å². The Labute approximate surface area is 160 Å². The Kier molecular flexibility index (Phi) is 5.03. The molecular weight excluding hydrogens is 375 g/mol. The van der Waals surface area contributed by atoms with Crippen molar-refractivity contribution in [2.45, 2.75) is 45.6 Å². The van der Waals surface area contributed by atoms with Crippen LogP contribution in [-0.2, 0) is 24.0 Å². The standard InChI is InChI=1S/C19H22F3N3O3/c1-18(2,3)28-17(26)24-9-10-25-13(11-24)15(23-16(25)19(20,21)22)12-7-5-6-8-14(12)27-4/h5-8H,9-11H2,1-4H3. The van der Waals surface area contributed by atoms with Gasteiger partial charge in [-0.2, -0.15) is 13.2 Å². The van der Waals surface area contributed by atoms with Crippen molar-refractivity contribution in [3.05, 3.63) is 35.8 Å². The second kappa shape index (κ2) is 7.03. The highest BCUT2D eigenvalue weighted by molar-refractivity contribution is 5.72. The third kappa shape index (κ3) is 3.93. The maximum absolute atomic E-state index is 13.5. The van der Waals surface area contributed by atoms with E-state index in [4.69, 9.17) is 9.47 Å². The van der Waals surface area contributed by atoms with Gasteiger partial charge < -0.3 is 18.9 Å². The number of amides is 1. The lowest BCUT2D eigenvalue weighted by molar-refractivity contribution is -0.147. The molecule has 152 valence electrons. The molecule has 1 amide bonds. The Morgan fingerprint density at radius 3 is 2.43 bits per heavy atom. The number of ether oxygens (including phenoxy) is 2. The fourth-order valence-electron chi connectivity index (χ4n) is 3.12. The average molecular weight is 397 g/mol. The third-order valence-corrected chi connectivity index (χ3v) is 4.27. The minimum atomic E-state index is -4.61. The van der Waals surface area contributed by atoms with Gasteiger partial charge in [-0.05, 0) is 32.9 Å². The topological polar surface area (TPSA) is 56.6 Å². The molecule has 0 bridgehead atoms. The number of alkyl halides is 3. The molecule has 1 aliphatic rings. The van der Waals surface area contributed by atoms with Crippen LogP contribution in [0.25, 0.3) is 11.3 Å². The molecule has 1 aromatic heterocycles. The first kappa shape index (κ1) is 20.0. The number of hydrogen-bond donors (Lipinski definition) is 0. The Morgan fingerprint density at radius 2 is 1.82 bits per heavy atom. The Balaban J connectivity index is 2.06. The molecule has 0 fully saturated rings. The molecule has 0 atom stereocenters. The number of carbonyl (C=O) groups is 1. The smallest absolute Gasteiger partial charge is 0.449 e. The zero-order chi connectivity index (χ0) is 20.7. The molecule has 3 rings (SSSR count). The van der Waals surface area contributed by atoms with E-state index in [9.17, 15) is 18.0 Å². The largest absolute Gasteiger partial charge is 0.496 e. The second-order valence-corrected chi connectivity index (χ2v) is 7.48. The highest BCUT2D eigenvalue weighted by atomic mass is 19.4. The zero-order valence-electron chi connectivity index (χ0n) is 16.1. The van der Waals surface area contributed by atoms with E-state index in [1.165, 1.54) is 12.0 Å². The Bertz CT molecular complexity index is 885. The van der Waals surface area contributed by atoms with Gasteiger partial charge in [-0.25, -0.2) is 9.78 Å². The summed E-state index contributed by atoms with van der Waals surface area (Å²) in [6, 6.07) is 6.73. The van der Waals surface area contributed by atoms with Crippen molar-refractivity contribution in [2.75, 3.05) is 13.7 Å². The van der Waals surface area contributed by atoms with E-state index >= 15 is 0 Å². The first-order valence-corrected chi connectivity index (χ1v) is 8.79. The van der Waals surface area contributed by atoms with Crippen molar-refractivity contribution < 1.29 is 27.4 Å². The van der Waals surface area contributed by atoms with E-state index < -0.39 is 23.7 Å². The van der Waals surface area contributed by atoms with Gasteiger partial charge in [0.25, 0.3) is 0 Å². The summed E-state index contributed by atoms with van der Waals surface area (Å²) in [6.07, 6.45) is -5.18. The predicted octanol–water partition coefficient (Wildman–Crippen LogP) is 4.33. The van der Waals surface area contributed by atoms with Crippen LogP contribution < -0.4 is 4.74 Å². The van der Waals surface area contributed by atoms with Crippen molar-refractivity contribution in [1.29, 1.82) is 0 Å². The van der Waals surface area contributed by atoms with Crippen molar-refractivity contribution in [1.82, 2.24) is 14.5 Å². The molecule has 0 saturated carbocycles. The SMILES string of the molecule is COc1ccccc1-c1nc(C(F)(F)F)n2c1CN(C(=O)OC(C)(C)C)CC2. The number of para-hydroxylation sites is 1. The summed E-state index contributed by atoms with van der Waals surface area (Å²) in [5.74, 6) is -0.571. The van der Waals surface area contributed by atoms with Crippen LogP contribution in [0, 0.1) is 0 Å². The van der Waals surface area contributed by atoms with Gasteiger partial charge in [-0.15, -0.1) is 0 Å². The molecule has 2 aromatic rings. The van der Waals surface area contributed by atoms with E-state index in [1.807, 2.05) is 0 Å². The minimum Gasteiger partial charge on any atom is -0.496 e. The van der Waals surface area contributed by atoms with Gasteiger partial charge in [-0.3, -0.25) is 0 Å². The summed E-state index contributed by atoms with van der Waals surface area (Å²) in [4.78, 5) is 17.7. The van der Waals surface area contributed by atoms with Crippen LogP contribution in [0.2, 0.25) is 0 Å². The van der Waals surface area contributed by atoms with Gasteiger partial charge in [0.2, 0.25) is 5.82 Å². The molecule has 28 heavy (non-hydrogen) atoms. The van der Waals surface area contributed by atoms with Gasteiger partial charge in [0.1, 0.15) is 11.4 Å². The minimum absolute atomic E-state index is 0.0223. The Morgan fingerprint density at radius 1 is 1.14 bits per heavy atom. The maximum atomic E-state index is 13.5. The molecular formula is C19H22F3N3O3. The number of aromatic nitrogens is 2. The summed E-state index contributed by atoms with van der Waals surface area (Å²) in [5, 5.41) is 0. The summed E-state index contributed by atoms with van der Waals surface area (Å²) >= 11 is 0. The van der Waals surface area contributed by atoms with E-state index in [0.717, 1.165) is 4.57 Å². The van der Waals surface area contributed by atoms with Crippen LogP contribution in [0.3, 0.4) is 0 Å². The van der Waals surface area contributed by atoms with Gasteiger partial charge >= 0.3 is 12.3 Å². The lowest BCUT2D eigenvalue weighted by Crippen LogP contribution is -2.42. The lowest BCUT2D eigenvalue weighted by Gasteiger charge is -2.31. The summed E-state index contributed by atoms with van der Waals surface area (Å²) in [6.45, 7) is 5.26. The highest BCUT2D eigenvalue weighted by Gasteiger charge is 2.41. The first-order chi connectivity index (χ1) is 13.0. The van der Waals surface area contributed by atoms with Gasteiger partial charge in [-0.1, -0.05) is 12.1 Å². The van der Waals surface area contributed by atoms with Gasteiger partial charge in [0, 0.05) is 18.7 Å². The van der Waals surface area contributed by atoms with Crippen LogP contribution in [0.4, 0.5) is 18.0 Å². The molecule has 1 aliphatic heterocycles. The van der Waals surface area contributed by atoms with Crippen molar-refractivity contribution in [3.8, 4) is 17.0 Å². The first-order valence-electron chi connectivity index (χ1n) is 8.79. The number of nitrogens with zero attached hydrogens (tertiary/aromatic N) is 3. The molecule has 0 spiro atoms. The predicted molar refractivity (Wildman–Crippen MR) is 95.9 cm³/mol. The molecule has 0 radical (unpaired) electrons. The summed E-state index contributed by atoms with van der Waals surface area (Å²) < 4.78 is 52.4.